The molecule has 0 N–H and O–H groups in total. The van der Waals surface area contributed by atoms with E-state index in [0.717, 1.165) is 110 Å². The van der Waals surface area contributed by atoms with E-state index in [9.17, 15) is 5.26 Å². The molecule has 0 aliphatic carbocycles. The van der Waals surface area contributed by atoms with Crippen molar-refractivity contribution in [3.8, 4) is 28.6 Å². The summed E-state index contributed by atoms with van der Waals surface area (Å²) < 4.78 is 17.7. The van der Waals surface area contributed by atoms with Gasteiger partial charge >= 0.3 is 0 Å². The zero-order chi connectivity index (χ0) is 35.5. The minimum atomic E-state index is 0.613. The van der Waals surface area contributed by atoms with Gasteiger partial charge in [-0.05, 0) is 84.4 Å². The first kappa shape index (κ1) is 29.1. The van der Waals surface area contributed by atoms with E-state index in [-0.39, 0.29) is 0 Å². The second-order valence-electron chi connectivity index (χ2n) is 14.0. The van der Waals surface area contributed by atoms with Gasteiger partial charge in [-0.15, -0.1) is 0 Å². The highest BCUT2D eigenvalue weighted by Gasteiger charge is 2.21. The third-order valence-corrected chi connectivity index (χ3v) is 11.2. The van der Waals surface area contributed by atoms with Crippen molar-refractivity contribution in [2.75, 3.05) is 0 Å². The van der Waals surface area contributed by atoms with Gasteiger partial charge in [-0.2, -0.15) is 5.26 Å². The predicted octanol–water partition coefficient (Wildman–Crippen LogP) is 13.2. The monoisotopic (exact) mass is 689 g/mol. The van der Waals surface area contributed by atoms with E-state index < -0.39 is 0 Å². The van der Waals surface area contributed by atoms with E-state index in [4.69, 9.17) is 8.83 Å². The van der Waals surface area contributed by atoms with Crippen LogP contribution >= 0.6 is 0 Å². The lowest BCUT2D eigenvalue weighted by molar-refractivity contribution is 0.672. The smallest absolute Gasteiger partial charge is 0.145 e. The van der Waals surface area contributed by atoms with Gasteiger partial charge in [0.2, 0.25) is 0 Å². The Hall–Kier alpha value is -7.55. The number of nitriles is 1. The summed E-state index contributed by atoms with van der Waals surface area (Å²) in [6.07, 6.45) is 0. The molecule has 0 aliphatic rings. The number of rotatable bonds is 3. The van der Waals surface area contributed by atoms with Crippen molar-refractivity contribution in [1.29, 1.82) is 5.26 Å². The highest BCUT2D eigenvalue weighted by atomic mass is 16.3. The largest absolute Gasteiger partial charge is 0.455 e. The zero-order valence-electron chi connectivity index (χ0n) is 28.7. The molecule has 0 fully saturated rings. The molecule has 0 radical (unpaired) electrons. The van der Waals surface area contributed by atoms with Crippen molar-refractivity contribution in [2.24, 2.45) is 0 Å². The van der Waals surface area contributed by atoms with Crippen LogP contribution in [0.15, 0.2) is 173 Å². The van der Waals surface area contributed by atoms with Crippen LogP contribution in [0.1, 0.15) is 5.56 Å². The fourth-order valence-corrected chi connectivity index (χ4v) is 8.85. The lowest BCUT2D eigenvalue weighted by Gasteiger charge is -2.14. The lowest BCUT2D eigenvalue weighted by Crippen LogP contribution is -1.97. The Balaban J connectivity index is 1.08. The number of aromatic nitrogens is 2. The first-order valence-corrected chi connectivity index (χ1v) is 18.1. The van der Waals surface area contributed by atoms with Gasteiger partial charge in [0.05, 0.1) is 44.5 Å². The van der Waals surface area contributed by atoms with Gasteiger partial charge in [0, 0.05) is 49.3 Å². The van der Waals surface area contributed by atoms with Crippen LogP contribution in [0.3, 0.4) is 0 Å². The Morgan fingerprint density at radius 1 is 0.407 bits per heavy atom. The Morgan fingerprint density at radius 2 is 0.926 bits per heavy atom. The quantitative estimate of drug-likeness (QED) is 0.185. The van der Waals surface area contributed by atoms with Crippen molar-refractivity contribution in [3.05, 3.63) is 169 Å². The highest BCUT2D eigenvalue weighted by Crippen LogP contribution is 2.43. The van der Waals surface area contributed by atoms with Crippen LogP contribution in [0.5, 0.6) is 0 Å². The minimum absolute atomic E-state index is 0.613. The average molecular weight is 690 g/mol. The normalized spacial score (nSPS) is 12.1. The summed E-state index contributed by atoms with van der Waals surface area (Å²) in [6.45, 7) is 0. The van der Waals surface area contributed by atoms with Gasteiger partial charge < -0.3 is 18.0 Å². The number of para-hydroxylation sites is 4. The van der Waals surface area contributed by atoms with Crippen LogP contribution in [0.4, 0.5) is 0 Å². The molecule has 250 valence electrons. The van der Waals surface area contributed by atoms with E-state index in [1.807, 2.05) is 36.4 Å². The van der Waals surface area contributed by atoms with Gasteiger partial charge in [-0.25, -0.2) is 0 Å². The van der Waals surface area contributed by atoms with Crippen LogP contribution in [-0.4, -0.2) is 9.13 Å². The maximum Gasteiger partial charge on any atom is 0.145 e. The molecule has 12 rings (SSSR count). The molecule has 54 heavy (non-hydrogen) atoms. The van der Waals surface area contributed by atoms with Crippen LogP contribution in [0.25, 0.3) is 110 Å². The summed E-state index contributed by atoms with van der Waals surface area (Å²) in [5.74, 6) is 0. The Morgan fingerprint density at radius 3 is 1.50 bits per heavy atom. The number of nitrogens with zero attached hydrogens (tertiary/aromatic N) is 3. The molecular formula is C49H27N3O2. The third-order valence-electron chi connectivity index (χ3n) is 11.2. The molecule has 8 aromatic carbocycles. The van der Waals surface area contributed by atoms with Gasteiger partial charge in [0.25, 0.3) is 0 Å². The summed E-state index contributed by atoms with van der Waals surface area (Å²) >= 11 is 0. The summed E-state index contributed by atoms with van der Waals surface area (Å²) in [7, 11) is 0. The molecule has 0 atom stereocenters. The molecule has 4 heterocycles. The molecular weight excluding hydrogens is 663 g/mol. The van der Waals surface area contributed by atoms with E-state index >= 15 is 0 Å². The van der Waals surface area contributed by atoms with Crippen molar-refractivity contribution in [2.45, 2.75) is 0 Å². The van der Waals surface area contributed by atoms with E-state index in [0.29, 0.717) is 5.56 Å². The number of fused-ring (bicyclic) bond motifs is 14. The molecule has 5 heteroatoms. The van der Waals surface area contributed by atoms with E-state index in [1.54, 1.807) is 0 Å². The van der Waals surface area contributed by atoms with E-state index in [2.05, 4.69) is 143 Å². The van der Waals surface area contributed by atoms with Gasteiger partial charge in [0.1, 0.15) is 22.3 Å². The molecule has 0 unspecified atom stereocenters. The van der Waals surface area contributed by atoms with E-state index in [1.165, 1.54) is 0 Å². The standard InChI is InChI=1S/C49H27N3O2/c50-28-30-20-21-32(52-41-17-6-2-15-38(41)47-43(52)25-23-36-34-13-4-8-19-45(34)54-49(36)47)27-39(30)29-10-9-11-31(26-29)51-40-16-5-1-14-37(40)46-42(51)24-22-35-33-12-3-7-18-44(33)53-48(35)46/h1-27H. The number of hydrogen-bond acceptors (Lipinski definition) is 3. The Kier molecular flexibility index (Phi) is 5.78. The second kappa shape index (κ2) is 10.7. The number of furan rings is 2. The molecule has 5 nitrogen and oxygen atoms in total. The van der Waals surface area contributed by atoms with Gasteiger partial charge in [-0.3, -0.25) is 0 Å². The first-order chi connectivity index (χ1) is 26.7. The molecule has 0 aliphatic heterocycles. The molecule has 0 bridgehead atoms. The topological polar surface area (TPSA) is 59.9 Å². The average Bonchev–Trinajstić information content (AvgIpc) is 3.98. The molecule has 4 aromatic heterocycles. The fourth-order valence-electron chi connectivity index (χ4n) is 8.85. The summed E-state index contributed by atoms with van der Waals surface area (Å²) in [6, 6.07) is 59.3. The van der Waals surface area contributed by atoms with Crippen molar-refractivity contribution < 1.29 is 8.83 Å². The Labute approximate surface area is 307 Å². The van der Waals surface area contributed by atoms with Crippen LogP contribution in [0.2, 0.25) is 0 Å². The molecule has 0 saturated heterocycles. The first-order valence-electron chi connectivity index (χ1n) is 18.1. The third kappa shape index (κ3) is 3.86. The summed E-state index contributed by atoms with van der Waals surface area (Å²) in [5.41, 5.74) is 12.2. The molecule has 0 spiro atoms. The fraction of sp³-hybridized carbons (Fsp3) is 0. The minimum Gasteiger partial charge on any atom is -0.455 e. The Bertz CT molecular complexity index is 3590. The molecule has 12 aromatic rings. The maximum atomic E-state index is 10.4. The van der Waals surface area contributed by atoms with Gasteiger partial charge in [0.15, 0.2) is 0 Å². The SMILES string of the molecule is N#Cc1ccc(-n2c3ccccc3c3c4oc5ccccc5c4ccc32)cc1-c1cccc(-n2c3ccccc3c3c4oc5ccccc5c4ccc32)c1. The summed E-state index contributed by atoms with van der Waals surface area (Å²) in [5, 5.41) is 19.3. The van der Waals surface area contributed by atoms with Gasteiger partial charge in [-0.1, -0.05) is 84.9 Å². The molecule has 0 saturated carbocycles. The predicted molar refractivity (Wildman–Crippen MR) is 220 cm³/mol. The highest BCUT2D eigenvalue weighted by molar-refractivity contribution is 6.25. The second-order valence-corrected chi connectivity index (χ2v) is 14.0. The molecule has 0 amide bonds. The van der Waals surface area contributed by atoms with Crippen molar-refractivity contribution >= 4 is 87.5 Å². The lowest BCUT2D eigenvalue weighted by atomic mass is 9.99. The van der Waals surface area contributed by atoms with Crippen LogP contribution in [-0.2, 0) is 0 Å². The van der Waals surface area contributed by atoms with Crippen molar-refractivity contribution in [1.82, 2.24) is 9.13 Å². The number of benzene rings is 8. The maximum absolute atomic E-state index is 10.4. The van der Waals surface area contributed by atoms with Crippen LogP contribution in [0, 0.1) is 11.3 Å². The van der Waals surface area contributed by atoms with Crippen LogP contribution < -0.4 is 0 Å². The zero-order valence-corrected chi connectivity index (χ0v) is 28.7. The van der Waals surface area contributed by atoms with Crippen molar-refractivity contribution in [3.63, 3.8) is 0 Å². The summed E-state index contributed by atoms with van der Waals surface area (Å²) in [4.78, 5) is 0. The number of hydrogen-bond donors (Lipinski definition) is 0.